The Labute approximate surface area is 160 Å². The van der Waals surface area contributed by atoms with Crippen LogP contribution < -0.4 is 15.1 Å². The van der Waals surface area contributed by atoms with Gasteiger partial charge in [-0.15, -0.1) is 0 Å². The Bertz CT molecular complexity index is 1020. The number of rotatable bonds is 4. The number of aromatic carboxylic acids is 1. The number of carboxylic acid groups (broad SMARTS) is 1. The van der Waals surface area contributed by atoms with Crippen molar-refractivity contribution < 1.29 is 24.1 Å². The number of nitrogens with zero attached hydrogens (tertiary/aromatic N) is 2. The molecule has 2 heterocycles. The van der Waals surface area contributed by atoms with Gasteiger partial charge in [-0.2, -0.15) is 0 Å². The summed E-state index contributed by atoms with van der Waals surface area (Å²) in [5, 5.41) is 19.6. The lowest BCUT2D eigenvalue weighted by atomic mass is 9.93. The normalized spacial score (nSPS) is 19.1. The second-order valence-electron chi connectivity index (χ2n) is 7.94. The molecule has 1 aromatic heterocycles. The van der Waals surface area contributed by atoms with Gasteiger partial charge in [-0.05, 0) is 38.7 Å². The van der Waals surface area contributed by atoms with Crippen molar-refractivity contribution in [3.8, 4) is 5.75 Å². The highest BCUT2D eigenvalue weighted by atomic mass is 19.1. The number of anilines is 1. The number of aromatic nitrogens is 1. The average molecular weight is 390 g/mol. The standard InChI is InChI=1S/C20H23FN2O5/c1-20(27)5-7-22(8-6-20)16-14(21)9-12-15(18(16)28-2)23(11-3-4-11)10-13(17(12)24)19(25)26/h9-11,27H,3-8H2,1-2H3,(H,25,26). The van der Waals surface area contributed by atoms with E-state index in [1.807, 2.05) is 4.90 Å². The molecule has 1 aliphatic carbocycles. The minimum absolute atomic E-state index is 0.00825. The van der Waals surface area contributed by atoms with Gasteiger partial charge >= 0.3 is 5.97 Å². The fourth-order valence-electron chi connectivity index (χ4n) is 3.94. The maximum Gasteiger partial charge on any atom is 0.341 e. The predicted molar refractivity (Wildman–Crippen MR) is 102 cm³/mol. The van der Waals surface area contributed by atoms with Gasteiger partial charge in [-0.3, -0.25) is 4.79 Å². The number of hydrogen-bond acceptors (Lipinski definition) is 5. The summed E-state index contributed by atoms with van der Waals surface area (Å²) >= 11 is 0. The number of fused-ring (bicyclic) bond motifs is 1. The van der Waals surface area contributed by atoms with E-state index in [4.69, 9.17) is 4.74 Å². The number of aliphatic hydroxyl groups is 1. The van der Waals surface area contributed by atoms with Gasteiger partial charge in [0.2, 0.25) is 5.43 Å². The molecule has 28 heavy (non-hydrogen) atoms. The molecule has 1 aliphatic heterocycles. The highest BCUT2D eigenvalue weighted by Crippen LogP contribution is 2.44. The molecule has 0 atom stereocenters. The van der Waals surface area contributed by atoms with Crippen molar-refractivity contribution >= 4 is 22.6 Å². The first-order valence-electron chi connectivity index (χ1n) is 9.39. The summed E-state index contributed by atoms with van der Waals surface area (Å²) in [6, 6.07) is 1.18. The molecular weight excluding hydrogens is 367 g/mol. The Balaban J connectivity index is 1.97. The molecule has 1 aromatic carbocycles. The van der Waals surface area contributed by atoms with Crippen LogP contribution in [0.15, 0.2) is 17.1 Å². The monoisotopic (exact) mass is 390 g/mol. The summed E-state index contributed by atoms with van der Waals surface area (Å²) in [5.74, 6) is -1.73. The molecule has 7 nitrogen and oxygen atoms in total. The van der Waals surface area contributed by atoms with Crippen LogP contribution in [0, 0.1) is 5.82 Å². The van der Waals surface area contributed by atoms with E-state index in [2.05, 4.69) is 0 Å². The third-order valence-corrected chi connectivity index (χ3v) is 5.73. The zero-order chi connectivity index (χ0) is 20.2. The first-order chi connectivity index (χ1) is 13.2. The third kappa shape index (κ3) is 3.01. The van der Waals surface area contributed by atoms with Gasteiger partial charge in [0, 0.05) is 25.3 Å². The number of hydrogen-bond donors (Lipinski definition) is 2. The second kappa shape index (κ2) is 6.48. The van der Waals surface area contributed by atoms with Gasteiger partial charge in [0.15, 0.2) is 11.6 Å². The minimum Gasteiger partial charge on any atom is -0.492 e. The molecule has 4 rings (SSSR count). The first-order valence-corrected chi connectivity index (χ1v) is 9.39. The third-order valence-electron chi connectivity index (χ3n) is 5.73. The molecule has 0 spiro atoms. The lowest BCUT2D eigenvalue weighted by Gasteiger charge is -2.38. The van der Waals surface area contributed by atoms with Crippen LogP contribution >= 0.6 is 0 Å². The number of benzene rings is 1. The summed E-state index contributed by atoms with van der Waals surface area (Å²) < 4.78 is 22.4. The molecule has 2 fully saturated rings. The molecule has 0 bridgehead atoms. The number of methoxy groups -OCH3 is 1. The summed E-state index contributed by atoms with van der Waals surface area (Å²) in [7, 11) is 1.42. The second-order valence-corrected chi connectivity index (χ2v) is 7.94. The van der Waals surface area contributed by atoms with E-state index >= 15 is 4.39 Å². The van der Waals surface area contributed by atoms with Crippen molar-refractivity contribution in [1.29, 1.82) is 0 Å². The maximum absolute atomic E-state index is 15.1. The molecule has 0 unspecified atom stereocenters. The SMILES string of the molecule is COc1c(N2CCC(C)(O)CC2)c(F)cc2c(=O)c(C(=O)O)cn(C3CC3)c12. The molecule has 1 saturated heterocycles. The zero-order valence-corrected chi connectivity index (χ0v) is 15.9. The summed E-state index contributed by atoms with van der Waals surface area (Å²) in [6.45, 7) is 2.66. The summed E-state index contributed by atoms with van der Waals surface area (Å²) in [5.41, 5.74) is -1.20. The zero-order valence-electron chi connectivity index (χ0n) is 15.9. The molecule has 0 amide bonds. The Morgan fingerprint density at radius 1 is 1.32 bits per heavy atom. The van der Waals surface area contributed by atoms with E-state index in [9.17, 15) is 19.8 Å². The Hall–Kier alpha value is -2.61. The molecule has 8 heteroatoms. The lowest BCUT2D eigenvalue weighted by Crippen LogP contribution is -2.43. The van der Waals surface area contributed by atoms with Crippen LogP contribution in [0.2, 0.25) is 0 Å². The van der Waals surface area contributed by atoms with Gasteiger partial charge in [0.05, 0.1) is 23.6 Å². The van der Waals surface area contributed by atoms with Crippen LogP contribution in [0.5, 0.6) is 5.75 Å². The largest absolute Gasteiger partial charge is 0.492 e. The van der Waals surface area contributed by atoms with E-state index in [1.165, 1.54) is 13.3 Å². The van der Waals surface area contributed by atoms with Crippen molar-refractivity contribution in [2.24, 2.45) is 0 Å². The molecule has 2 aliphatic rings. The molecule has 1 saturated carbocycles. The van der Waals surface area contributed by atoms with Gasteiger partial charge in [0.1, 0.15) is 11.3 Å². The van der Waals surface area contributed by atoms with E-state index < -0.39 is 22.8 Å². The van der Waals surface area contributed by atoms with Crippen molar-refractivity contribution in [1.82, 2.24) is 4.57 Å². The van der Waals surface area contributed by atoms with Crippen molar-refractivity contribution in [3.63, 3.8) is 0 Å². The van der Waals surface area contributed by atoms with Crippen LogP contribution in [0.25, 0.3) is 10.9 Å². The van der Waals surface area contributed by atoms with E-state index in [-0.39, 0.29) is 28.4 Å². The van der Waals surface area contributed by atoms with Crippen LogP contribution in [-0.2, 0) is 0 Å². The molecule has 150 valence electrons. The summed E-state index contributed by atoms with van der Waals surface area (Å²) in [6.07, 6.45) is 4.04. The Kier molecular flexibility index (Phi) is 4.33. The number of pyridine rings is 1. The Morgan fingerprint density at radius 3 is 2.50 bits per heavy atom. The quantitative estimate of drug-likeness (QED) is 0.834. The number of carboxylic acids is 1. The first kappa shape index (κ1) is 18.7. The highest BCUT2D eigenvalue weighted by Gasteiger charge is 2.34. The number of halogens is 1. The summed E-state index contributed by atoms with van der Waals surface area (Å²) in [4.78, 5) is 26.0. The molecule has 0 radical (unpaired) electrons. The van der Waals surface area contributed by atoms with Gasteiger partial charge < -0.3 is 24.4 Å². The minimum atomic E-state index is -1.33. The topological polar surface area (TPSA) is 92.0 Å². The smallest absolute Gasteiger partial charge is 0.341 e. The average Bonchev–Trinajstić information content (AvgIpc) is 3.46. The molecule has 2 N–H and O–H groups in total. The molecule has 2 aromatic rings. The van der Waals surface area contributed by atoms with Crippen LogP contribution in [0.1, 0.15) is 49.0 Å². The van der Waals surface area contributed by atoms with E-state index in [0.717, 1.165) is 18.9 Å². The van der Waals surface area contributed by atoms with Gasteiger partial charge in [-0.25, -0.2) is 9.18 Å². The number of carbonyl (C=O) groups is 1. The number of ether oxygens (including phenoxy) is 1. The van der Waals surface area contributed by atoms with Gasteiger partial charge in [-0.1, -0.05) is 0 Å². The maximum atomic E-state index is 15.1. The van der Waals surface area contributed by atoms with Crippen LogP contribution in [0.4, 0.5) is 10.1 Å². The van der Waals surface area contributed by atoms with E-state index in [0.29, 0.717) is 31.4 Å². The fourth-order valence-corrected chi connectivity index (χ4v) is 3.94. The Morgan fingerprint density at radius 2 is 1.96 bits per heavy atom. The van der Waals surface area contributed by atoms with Crippen LogP contribution in [0.3, 0.4) is 0 Å². The molecular formula is C20H23FN2O5. The fraction of sp³-hybridized carbons (Fsp3) is 0.500. The highest BCUT2D eigenvalue weighted by molar-refractivity contribution is 5.97. The van der Waals surface area contributed by atoms with Crippen molar-refractivity contribution in [2.45, 2.75) is 44.2 Å². The van der Waals surface area contributed by atoms with Crippen molar-refractivity contribution in [3.05, 3.63) is 33.9 Å². The van der Waals surface area contributed by atoms with E-state index in [1.54, 1.807) is 11.5 Å². The predicted octanol–water partition coefficient (Wildman–Crippen LogP) is 2.53. The van der Waals surface area contributed by atoms with Crippen molar-refractivity contribution in [2.75, 3.05) is 25.1 Å². The van der Waals surface area contributed by atoms with Crippen LogP contribution in [-0.4, -0.2) is 46.5 Å². The lowest BCUT2D eigenvalue weighted by molar-refractivity contribution is 0.0349. The number of piperidine rings is 1. The van der Waals surface area contributed by atoms with Gasteiger partial charge in [0.25, 0.3) is 0 Å².